The van der Waals surface area contributed by atoms with Crippen LogP contribution in [0.15, 0.2) is 40.3 Å². The van der Waals surface area contributed by atoms with E-state index >= 15 is 0 Å². The number of halogens is 2. The zero-order chi connectivity index (χ0) is 18.0. The van der Waals surface area contributed by atoms with Gasteiger partial charge in [0, 0.05) is 17.1 Å². The number of rotatable bonds is 6. The Labute approximate surface area is 146 Å². The second-order valence-electron chi connectivity index (χ2n) is 5.03. The molecule has 0 aliphatic rings. The molecule has 0 fully saturated rings. The van der Waals surface area contributed by atoms with Crippen LogP contribution in [0, 0.1) is 0 Å². The largest absolute Gasteiger partial charge is 0.415 e. The topological polar surface area (TPSA) is 89.2 Å². The van der Waals surface area contributed by atoms with Crippen LogP contribution in [-0.4, -0.2) is 29.9 Å². The summed E-state index contributed by atoms with van der Waals surface area (Å²) in [4.78, 5) is 4.02. The summed E-state index contributed by atoms with van der Waals surface area (Å²) < 4.78 is 55.0. The Morgan fingerprint density at radius 1 is 1.24 bits per heavy atom. The van der Waals surface area contributed by atoms with Gasteiger partial charge in [-0.25, -0.2) is 17.7 Å². The van der Waals surface area contributed by atoms with E-state index in [1.54, 1.807) is 29.6 Å². The summed E-state index contributed by atoms with van der Waals surface area (Å²) in [5.41, 5.74) is 1.15. The predicted molar refractivity (Wildman–Crippen MR) is 87.8 cm³/mol. The Morgan fingerprint density at radius 2 is 1.96 bits per heavy atom. The maximum Gasteiger partial charge on any atom is 0.314 e. The maximum atomic E-state index is 12.5. The standard InChI is InChI=1S/C14H12F2N4O3S2/c1-25(21,22)20(14-17-6-7-24-14)8-9-2-4-10(5-3-9)12-18-19-13(23-12)11(15)16/h2-7,11H,8H2,1H3. The van der Waals surface area contributed by atoms with E-state index < -0.39 is 22.3 Å². The van der Waals surface area contributed by atoms with E-state index in [2.05, 4.69) is 15.2 Å². The Kier molecular flexibility index (Phi) is 4.77. The summed E-state index contributed by atoms with van der Waals surface area (Å²) in [6, 6.07) is 6.52. The molecule has 0 saturated heterocycles. The molecule has 0 aliphatic heterocycles. The highest BCUT2D eigenvalue weighted by atomic mass is 32.2. The number of anilines is 1. The fourth-order valence-electron chi connectivity index (χ4n) is 2.02. The average Bonchev–Trinajstić information content (AvgIpc) is 3.23. The van der Waals surface area contributed by atoms with Crippen molar-refractivity contribution in [3.63, 3.8) is 0 Å². The molecule has 2 heterocycles. The minimum absolute atomic E-state index is 0.0262. The number of benzene rings is 1. The van der Waals surface area contributed by atoms with Crippen molar-refractivity contribution in [1.29, 1.82) is 0 Å². The molecule has 2 aromatic heterocycles. The zero-order valence-electron chi connectivity index (χ0n) is 12.8. The molecule has 25 heavy (non-hydrogen) atoms. The minimum Gasteiger partial charge on any atom is -0.415 e. The third-order valence-corrected chi connectivity index (χ3v) is 5.20. The fourth-order valence-corrected chi connectivity index (χ4v) is 3.82. The van der Waals surface area contributed by atoms with E-state index in [0.29, 0.717) is 16.3 Å². The summed E-state index contributed by atoms with van der Waals surface area (Å²) in [6.45, 7) is 0.0960. The van der Waals surface area contributed by atoms with Gasteiger partial charge in [-0.1, -0.05) is 12.1 Å². The molecule has 0 radical (unpaired) electrons. The first-order valence-electron chi connectivity index (χ1n) is 6.92. The van der Waals surface area contributed by atoms with Crippen molar-refractivity contribution in [2.75, 3.05) is 10.6 Å². The van der Waals surface area contributed by atoms with Crippen molar-refractivity contribution in [2.24, 2.45) is 0 Å². The lowest BCUT2D eigenvalue weighted by molar-refractivity contribution is 0.116. The summed E-state index contributed by atoms with van der Waals surface area (Å²) in [5, 5.41) is 8.89. The summed E-state index contributed by atoms with van der Waals surface area (Å²) in [5.74, 6) is -0.771. The van der Waals surface area contributed by atoms with Crippen LogP contribution in [0.1, 0.15) is 17.9 Å². The monoisotopic (exact) mass is 386 g/mol. The normalized spacial score (nSPS) is 11.8. The van der Waals surface area contributed by atoms with Crippen LogP contribution >= 0.6 is 11.3 Å². The second kappa shape index (κ2) is 6.84. The van der Waals surface area contributed by atoms with Crippen molar-refractivity contribution >= 4 is 26.5 Å². The Balaban J connectivity index is 1.82. The first-order chi connectivity index (χ1) is 11.8. The average molecular weight is 386 g/mol. The van der Waals surface area contributed by atoms with Crippen LogP contribution in [0.2, 0.25) is 0 Å². The molecule has 11 heteroatoms. The molecule has 0 unspecified atom stereocenters. The third kappa shape index (κ3) is 3.99. The molecule has 0 atom stereocenters. The smallest absolute Gasteiger partial charge is 0.314 e. The molecular weight excluding hydrogens is 374 g/mol. The van der Waals surface area contributed by atoms with E-state index in [4.69, 9.17) is 4.42 Å². The highest BCUT2D eigenvalue weighted by Crippen LogP contribution is 2.25. The SMILES string of the molecule is CS(=O)(=O)N(Cc1ccc(-c2nnc(C(F)F)o2)cc1)c1nccs1. The summed E-state index contributed by atoms with van der Waals surface area (Å²) in [6.07, 6.45) is -0.202. The lowest BCUT2D eigenvalue weighted by Gasteiger charge is -2.19. The summed E-state index contributed by atoms with van der Waals surface area (Å²) in [7, 11) is -3.50. The molecular formula is C14H12F2N4O3S2. The van der Waals surface area contributed by atoms with Gasteiger partial charge in [-0.15, -0.1) is 21.5 Å². The van der Waals surface area contributed by atoms with Crippen LogP contribution in [-0.2, 0) is 16.6 Å². The number of alkyl halides is 2. The number of sulfonamides is 1. The van der Waals surface area contributed by atoms with E-state index in [0.717, 1.165) is 6.26 Å². The Bertz CT molecular complexity index is 941. The van der Waals surface area contributed by atoms with Gasteiger partial charge in [-0.05, 0) is 17.7 Å². The van der Waals surface area contributed by atoms with Gasteiger partial charge in [0.05, 0.1) is 12.8 Å². The van der Waals surface area contributed by atoms with Gasteiger partial charge in [-0.3, -0.25) is 0 Å². The van der Waals surface area contributed by atoms with Gasteiger partial charge in [0.1, 0.15) is 0 Å². The van der Waals surface area contributed by atoms with E-state index in [1.165, 1.54) is 21.8 Å². The quantitative estimate of drug-likeness (QED) is 0.647. The lowest BCUT2D eigenvalue weighted by atomic mass is 10.1. The van der Waals surface area contributed by atoms with E-state index in [1.807, 2.05) is 0 Å². The molecule has 0 amide bonds. The highest BCUT2D eigenvalue weighted by Gasteiger charge is 2.20. The highest BCUT2D eigenvalue weighted by molar-refractivity contribution is 7.92. The van der Waals surface area contributed by atoms with Crippen LogP contribution < -0.4 is 4.31 Å². The van der Waals surface area contributed by atoms with Gasteiger partial charge in [0.25, 0.3) is 5.89 Å². The van der Waals surface area contributed by atoms with Crippen LogP contribution in [0.4, 0.5) is 13.9 Å². The van der Waals surface area contributed by atoms with Gasteiger partial charge < -0.3 is 4.42 Å². The van der Waals surface area contributed by atoms with E-state index in [-0.39, 0.29) is 12.4 Å². The molecule has 132 valence electrons. The molecule has 0 aliphatic carbocycles. The van der Waals surface area contributed by atoms with Gasteiger partial charge >= 0.3 is 6.43 Å². The fraction of sp³-hybridized carbons (Fsp3) is 0.214. The number of hydrogen-bond acceptors (Lipinski definition) is 7. The van der Waals surface area contributed by atoms with Crippen LogP contribution in [0.25, 0.3) is 11.5 Å². The molecule has 0 bridgehead atoms. The maximum absolute atomic E-state index is 12.5. The molecule has 0 spiro atoms. The van der Waals surface area contributed by atoms with Crippen LogP contribution in [0.3, 0.4) is 0 Å². The van der Waals surface area contributed by atoms with E-state index in [9.17, 15) is 17.2 Å². The Hall–Kier alpha value is -2.40. The number of thiazole rings is 1. The first kappa shape index (κ1) is 17.4. The van der Waals surface area contributed by atoms with Gasteiger partial charge in [0.15, 0.2) is 5.13 Å². The molecule has 0 N–H and O–H groups in total. The van der Waals surface area contributed by atoms with Crippen molar-refractivity contribution in [3.8, 4) is 11.5 Å². The van der Waals surface area contributed by atoms with Crippen molar-refractivity contribution in [1.82, 2.24) is 15.2 Å². The second-order valence-corrected chi connectivity index (χ2v) is 7.81. The summed E-state index contributed by atoms with van der Waals surface area (Å²) >= 11 is 1.21. The van der Waals surface area contributed by atoms with Gasteiger partial charge in [-0.2, -0.15) is 8.78 Å². The van der Waals surface area contributed by atoms with Crippen molar-refractivity contribution < 1.29 is 21.6 Å². The Morgan fingerprint density at radius 3 is 2.48 bits per heavy atom. The van der Waals surface area contributed by atoms with Crippen molar-refractivity contribution in [2.45, 2.75) is 13.0 Å². The molecule has 7 nitrogen and oxygen atoms in total. The lowest BCUT2D eigenvalue weighted by Crippen LogP contribution is -2.29. The predicted octanol–water partition coefficient (Wildman–Crippen LogP) is 3.10. The third-order valence-electron chi connectivity index (χ3n) is 3.19. The minimum atomic E-state index is -3.50. The molecule has 3 rings (SSSR count). The molecule has 1 aromatic carbocycles. The number of nitrogens with zero attached hydrogens (tertiary/aromatic N) is 4. The first-order valence-corrected chi connectivity index (χ1v) is 9.65. The molecule has 0 saturated carbocycles. The molecule has 3 aromatic rings. The number of hydrogen-bond donors (Lipinski definition) is 0. The zero-order valence-corrected chi connectivity index (χ0v) is 14.5. The van der Waals surface area contributed by atoms with Gasteiger partial charge in [0.2, 0.25) is 15.9 Å². The van der Waals surface area contributed by atoms with Crippen molar-refractivity contribution in [3.05, 3.63) is 47.3 Å². The number of aromatic nitrogens is 3. The van der Waals surface area contributed by atoms with Crippen LogP contribution in [0.5, 0.6) is 0 Å².